The highest BCUT2D eigenvalue weighted by molar-refractivity contribution is 4.21. The minimum Gasteiger partial charge on any atom is -0.368 e. The standard InChI is InChI=1S/C3H8O2/c1-2-3(4)5/h3-5H,2H2,1H3/i2D,3D. The highest BCUT2D eigenvalue weighted by atomic mass is 16.5. The molecule has 1 unspecified atom stereocenters. The van der Waals surface area contributed by atoms with Crippen LogP contribution in [0.15, 0.2) is 0 Å². The van der Waals surface area contributed by atoms with Crippen LogP contribution >= 0.6 is 0 Å². The van der Waals surface area contributed by atoms with Crippen molar-refractivity contribution in [2.75, 3.05) is 0 Å². The summed E-state index contributed by atoms with van der Waals surface area (Å²) in [5.74, 6) is 0. The highest BCUT2D eigenvalue weighted by Gasteiger charge is 1.83. The average molecular weight is 78.1 g/mol. The lowest BCUT2D eigenvalue weighted by Gasteiger charge is -1.90. The third kappa shape index (κ3) is 3.92. The van der Waals surface area contributed by atoms with Crippen molar-refractivity contribution in [1.82, 2.24) is 0 Å². The third-order valence-electron chi connectivity index (χ3n) is 0.258. The van der Waals surface area contributed by atoms with E-state index in [1.165, 1.54) is 6.92 Å². The molecular weight excluding hydrogens is 68.0 g/mol. The van der Waals surface area contributed by atoms with Crippen molar-refractivity contribution < 1.29 is 13.0 Å². The van der Waals surface area contributed by atoms with Crippen molar-refractivity contribution >= 4 is 0 Å². The number of aliphatic hydroxyl groups is 2. The Morgan fingerprint density at radius 1 is 2.20 bits per heavy atom. The molecule has 2 nitrogen and oxygen atoms in total. The van der Waals surface area contributed by atoms with Crippen LogP contribution in [-0.4, -0.2) is 16.5 Å². The Kier molecular flexibility index (Phi) is 0.938. The van der Waals surface area contributed by atoms with Gasteiger partial charge in [0.25, 0.3) is 0 Å². The second-order valence-corrected chi connectivity index (χ2v) is 0.647. The van der Waals surface area contributed by atoms with E-state index in [2.05, 4.69) is 0 Å². The largest absolute Gasteiger partial charge is 0.368 e. The zero-order valence-electron chi connectivity index (χ0n) is 4.97. The second-order valence-electron chi connectivity index (χ2n) is 0.647. The summed E-state index contributed by atoms with van der Waals surface area (Å²) < 4.78 is 12.9. The van der Waals surface area contributed by atoms with Gasteiger partial charge in [-0.2, -0.15) is 0 Å². The van der Waals surface area contributed by atoms with Crippen LogP contribution in [0.4, 0.5) is 0 Å². The summed E-state index contributed by atoms with van der Waals surface area (Å²) in [6.07, 6.45) is -3.76. The van der Waals surface area contributed by atoms with Gasteiger partial charge in [0.2, 0.25) is 0 Å². The Hall–Kier alpha value is -0.0800. The van der Waals surface area contributed by atoms with Gasteiger partial charge < -0.3 is 10.2 Å². The SMILES string of the molecule is [2H]C(C)C([2H])(O)O. The zero-order chi connectivity index (χ0) is 6.08. The van der Waals surface area contributed by atoms with E-state index in [9.17, 15) is 0 Å². The van der Waals surface area contributed by atoms with Crippen LogP contribution in [0.25, 0.3) is 0 Å². The number of hydrogen-bond donors (Lipinski definition) is 2. The summed E-state index contributed by atoms with van der Waals surface area (Å²) in [7, 11) is 0. The van der Waals surface area contributed by atoms with E-state index in [4.69, 9.17) is 13.0 Å². The lowest BCUT2D eigenvalue weighted by Crippen LogP contribution is -1.99. The summed E-state index contributed by atoms with van der Waals surface area (Å²) in [6, 6.07) is 0. The molecule has 2 heteroatoms. The van der Waals surface area contributed by atoms with Crippen LogP contribution in [0.5, 0.6) is 0 Å². The molecule has 0 aliphatic rings. The van der Waals surface area contributed by atoms with Gasteiger partial charge in [0, 0.05) is 1.37 Å². The van der Waals surface area contributed by atoms with Crippen LogP contribution < -0.4 is 0 Å². The van der Waals surface area contributed by atoms with Crippen molar-refractivity contribution in [3.8, 4) is 0 Å². The maximum absolute atomic E-state index is 8.13. The Labute approximate surface area is 33.9 Å². The van der Waals surface area contributed by atoms with Crippen LogP contribution in [0.1, 0.15) is 16.1 Å². The number of hydrogen-bond acceptors (Lipinski definition) is 2. The van der Waals surface area contributed by atoms with Crippen molar-refractivity contribution in [2.24, 2.45) is 0 Å². The van der Waals surface area contributed by atoms with Crippen LogP contribution in [0.3, 0.4) is 0 Å². The third-order valence-corrected chi connectivity index (χ3v) is 0.258. The maximum atomic E-state index is 8.13. The Bertz CT molecular complexity index is 56.4. The van der Waals surface area contributed by atoms with E-state index < -0.39 is 12.7 Å². The van der Waals surface area contributed by atoms with Crippen LogP contribution in [0.2, 0.25) is 0 Å². The van der Waals surface area contributed by atoms with Gasteiger partial charge in [-0.1, -0.05) is 6.92 Å². The molecule has 0 aliphatic heterocycles. The minimum atomic E-state index is -2.58. The Balaban J connectivity index is 3.54. The van der Waals surface area contributed by atoms with Gasteiger partial charge in [0.1, 0.15) is 0 Å². The molecule has 5 heavy (non-hydrogen) atoms. The summed E-state index contributed by atoms with van der Waals surface area (Å²) in [4.78, 5) is 0. The van der Waals surface area contributed by atoms with Crippen LogP contribution in [-0.2, 0) is 0 Å². The highest BCUT2D eigenvalue weighted by Crippen LogP contribution is 1.77. The molecular formula is C3H8O2. The predicted molar refractivity (Wildman–Crippen MR) is 18.5 cm³/mol. The van der Waals surface area contributed by atoms with Gasteiger partial charge in [0.15, 0.2) is 6.27 Å². The molecule has 1 atom stereocenters. The minimum absolute atomic E-state index is 1.17. The maximum Gasteiger partial charge on any atom is 0.151 e. The second kappa shape index (κ2) is 2.18. The first-order chi connectivity index (χ1) is 2.94. The molecule has 0 aromatic carbocycles. The van der Waals surface area contributed by atoms with E-state index in [0.29, 0.717) is 0 Å². The molecule has 2 N–H and O–H groups in total. The number of rotatable bonds is 1. The molecule has 0 aliphatic carbocycles. The van der Waals surface area contributed by atoms with E-state index in [1.807, 2.05) is 0 Å². The molecule has 0 saturated heterocycles. The summed E-state index contributed by atoms with van der Waals surface area (Å²) in [5.41, 5.74) is 0. The normalized spacial score (nSPS) is 23.8. The van der Waals surface area contributed by atoms with Gasteiger partial charge in [-0.25, -0.2) is 0 Å². The first-order valence-electron chi connectivity index (χ1n) is 2.39. The molecule has 0 saturated carbocycles. The lowest BCUT2D eigenvalue weighted by atomic mass is 10.5. The fourth-order valence-electron chi connectivity index (χ4n) is 0. The average Bonchev–Trinajstić information content (AvgIpc) is 1.31. The first-order valence-corrected chi connectivity index (χ1v) is 1.31. The lowest BCUT2D eigenvalue weighted by molar-refractivity contribution is -0.0413. The summed E-state index contributed by atoms with van der Waals surface area (Å²) in [5, 5.41) is 16.3. The van der Waals surface area contributed by atoms with Gasteiger partial charge in [-0.3, -0.25) is 0 Å². The molecule has 0 heterocycles. The topological polar surface area (TPSA) is 40.5 Å². The Morgan fingerprint density at radius 3 is 2.40 bits per heavy atom. The molecule has 0 rings (SSSR count). The van der Waals surface area contributed by atoms with E-state index in [1.54, 1.807) is 0 Å². The van der Waals surface area contributed by atoms with E-state index in [0.717, 1.165) is 0 Å². The van der Waals surface area contributed by atoms with Crippen molar-refractivity contribution in [3.63, 3.8) is 0 Å². The van der Waals surface area contributed by atoms with Gasteiger partial charge >= 0.3 is 0 Å². The summed E-state index contributed by atoms with van der Waals surface area (Å²) >= 11 is 0. The monoisotopic (exact) mass is 78.1 g/mol. The zero-order valence-corrected chi connectivity index (χ0v) is 2.97. The van der Waals surface area contributed by atoms with Crippen molar-refractivity contribution in [1.29, 1.82) is 0 Å². The van der Waals surface area contributed by atoms with E-state index in [-0.39, 0.29) is 0 Å². The van der Waals surface area contributed by atoms with Gasteiger partial charge in [-0.05, 0) is 6.40 Å². The fourth-order valence-corrected chi connectivity index (χ4v) is 0. The smallest absolute Gasteiger partial charge is 0.151 e. The van der Waals surface area contributed by atoms with Crippen LogP contribution in [0, 0.1) is 0 Å². The van der Waals surface area contributed by atoms with Crippen molar-refractivity contribution in [3.05, 3.63) is 0 Å². The molecule has 0 amide bonds. The van der Waals surface area contributed by atoms with Gasteiger partial charge in [0.05, 0.1) is 1.37 Å². The van der Waals surface area contributed by atoms with Crippen molar-refractivity contribution in [2.45, 2.75) is 19.6 Å². The molecule has 0 spiro atoms. The molecule has 32 valence electrons. The molecule has 0 aromatic rings. The summed E-state index contributed by atoms with van der Waals surface area (Å²) in [6.45, 7) is 1.23. The molecule has 0 fully saturated rings. The predicted octanol–water partition coefficient (Wildman–Crippen LogP) is -0.293. The van der Waals surface area contributed by atoms with Gasteiger partial charge in [-0.15, -0.1) is 0 Å². The first kappa shape index (κ1) is 2.16. The molecule has 0 radical (unpaired) electrons. The fraction of sp³-hybridized carbons (Fsp3) is 1.00. The Morgan fingerprint density at radius 2 is 2.40 bits per heavy atom. The molecule has 0 aromatic heterocycles. The quantitative estimate of drug-likeness (QED) is 0.423. The molecule has 0 bridgehead atoms. The van der Waals surface area contributed by atoms with E-state index >= 15 is 0 Å².